The van der Waals surface area contributed by atoms with Crippen molar-refractivity contribution in [2.24, 2.45) is 0 Å². The summed E-state index contributed by atoms with van der Waals surface area (Å²) in [4.78, 5) is 6.30. The van der Waals surface area contributed by atoms with Gasteiger partial charge in [0, 0.05) is 12.0 Å². The van der Waals surface area contributed by atoms with Crippen LogP contribution in [0.3, 0.4) is 0 Å². The van der Waals surface area contributed by atoms with Gasteiger partial charge in [-0.05, 0) is 23.8 Å². The minimum absolute atomic E-state index is 0.0641. The summed E-state index contributed by atoms with van der Waals surface area (Å²) in [6, 6.07) is 25.9. The standard InChI is InChI=1S/C22H21NO3/c1-25-20-14-8-13-18(22(20)24)21-15-19(16-9-4-2-5-10-16)23(26-21)17-11-6-3-7-12-17/h2-14,19,21,24H,15H2,1H3/t19-,21+/m1/s1. The van der Waals surface area contributed by atoms with Crippen LogP contribution in [-0.4, -0.2) is 12.2 Å². The molecular weight excluding hydrogens is 326 g/mol. The van der Waals surface area contributed by atoms with Gasteiger partial charge in [0.05, 0.1) is 18.8 Å². The lowest BCUT2D eigenvalue weighted by Gasteiger charge is -2.25. The molecule has 3 aromatic rings. The Balaban J connectivity index is 1.72. The topological polar surface area (TPSA) is 41.9 Å². The number of rotatable bonds is 4. The molecule has 0 aliphatic carbocycles. The van der Waals surface area contributed by atoms with Crippen molar-refractivity contribution in [3.8, 4) is 11.5 Å². The molecule has 0 spiro atoms. The van der Waals surface area contributed by atoms with Crippen molar-refractivity contribution in [3.63, 3.8) is 0 Å². The van der Waals surface area contributed by atoms with Gasteiger partial charge in [-0.15, -0.1) is 0 Å². The van der Waals surface area contributed by atoms with Gasteiger partial charge < -0.3 is 9.84 Å². The van der Waals surface area contributed by atoms with E-state index < -0.39 is 0 Å². The second-order valence-electron chi connectivity index (χ2n) is 6.32. The van der Waals surface area contributed by atoms with Gasteiger partial charge in [0.15, 0.2) is 11.5 Å². The zero-order valence-corrected chi connectivity index (χ0v) is 14.6. The Morgan fingerprint density at radius 2 is 1.62 bits per heavy atom. The predicted molar refractivity (Wildman–Crippen MR) is 101 cm³/mol. The first-order valence-corrected chi connectivity index (χ1v) is 8.70. The quantitative estimate of drug-likeness (QED) is 0.719. The average Bonchev–Trinajstić information content (AvgIpc) is 3.15. The second kappa shape index (κ2) is 7.10. The Hall–Kier alpha value is -2.98. The van der Waals surface area contributed by atoms with Crippen LogP contribution in [-0.2, 0) is 4.84 Å². The van der Waals surface area contributed by atoms with E-state index >= 15 is 0 Å². The summed E-state index contributed by atoms with van der Waals surface area (Å²) >= 11 is 0. The highest BCUT2D eigenvalue weighted by Crippen LogP contribution is 2.47. The fourth-order valence-electron chi connectivity index (χ4n) is 3.46. The molecule has 3 aromatic carbocycles. The molecular formula is C22H21NO3. The highest BCUT2D eigenvalue weighted by Gasteiger charge is 2.37. The summed E-state index contributed by atoms with van der Waals surface area (Å²) in [7, 11) is 1.55. The molecule has 1 aliphatic heterocycles. The van der Waals surface area contributed by atoms with E-state index in [2.05, 4.69) is 12.1 Å². The van der Waals surface area contributed by atoms with Gasteiger partial charge in [-0.1, -0.05) is 60.7 Å². The highest BCUT2D eigenvalue weighted by molar-refractivity contribution is 5.50. The summed E-state index contributed by atoms with van der Waals surface area (Å²) in [5.74, 6) is 0.599. The van der Waals surface area contributed by atoms with Crippen LogP contribution in [0.2, 0.25) is 0 Å². The molecule has 0 radical (unpaired) electrons. The third-order valence-corrected chi connectivity index (χ3v) is 4.75. The van der Waals surface area contributed by atoms with E-state index in [9.17, 15) is 5.11 Å². The molecule has 1 aliphatic rings. The van der Waals surface area contributed by atoms with E-state index in [-0.39, 0.29) is 17.9 Å². The fraction of sp³-hybridized carbons (Fsp3) is 0.182. The molecule has 2 atom stereocenters. The highest BCUT2D eigenvalue weighted by atomic mass is 16.7. The van der Waals surface area contributed by atoms with Crippen LogP contribution in [0.1, 0.15) is 29.7 Å². The number of aromatic hydroxyl groups is 1. The lowest BCUT2D eigenvalue weighted by atomic mass is 9.97. The van der Waals surface area contributed by atoms with Crippen LogP contribution in [0, 0.1) is 0 Å². The lowest BCUT2D eigenvalue weighted by Crippen LogP contribution is -2.21. The number of phenolic OH excluding ortho intramolecular Hbond substituents is 1. The van der Waals surface area contributed by atoms with E-state index in [1.165, 1.54) is 5.56 Å². The number of nitrogens with zero attached hydrogens (tertiary/aromatic N) is 1. The molecule has 0 amide bonds. The molecule has 132 valence electrons. The molecule has 4 heteroatoms. The Labute approximate surface area is 153 Å². The molecule has 0 aromatic heterocycles. The van der Waals surface area contributed by atoms with E-state index in [1.54, 1.807) is 13.2 Å². The summed E-state index contributed by atoms with van der Waals surface area (Å²) in [5.41, 5.74) is 2.91. The Morgan fingerprint density at radius 1 is 0.923 bits per heavy atom. The van der Waals surface area contributed by atoms with Crippen molar-refractivity contribution >= 4 is 5.69 Å². The summed E-state index contributed by atoms with van der Waals surface area (Å²) < 4.78 is 5.25. The molecule has 4 nitrogen and oxygen atoms in total. The number of methoxy groups -OCH3 is 1. The third-order valence-electron chi connectivity index (χ3n) is 4.75. The second-order valence-corrected chi connectivity index (χ2v) is 6.32. The summed E-state index contributed by atoms with van der Waals surface area (Å²) in [6.45, 7) is 0. The number of anilines is 1. The zero-order valence-electron chi connectivity index (χ0n) is 14.6. The van der Waals surface area contributed by atoms with Crippen LogP contribution in [0.5, 0.6) is 11.5 Å². The summed E-state index contributed by atoms with van der Waals surface area (Å²) in [6.07, 6.45) is 0.482. The van der Waals surface area contributed by atoms with Crippen LogP contribution in [0.25, 0.3) is 0 Å². The number of benzene rings is 3. The SMILES string of the molecule is COc1cccc([C@@H]2C[C@H](c3ccccc3)N(c3ccccc3)O2)c1O. The Kier molecular flexibility index (Phi) is 4.50. The maximum atomic E-state index is 10.5. The molecule has 26 heavy (non-hydrogen) atoms. The van der Waals surface area contributed by atoms with Gasteiger partial charge in [0.25, 0.3) is 0 Å². The number of hydrogen-bond donors (Lipinski definition) is 1. The normalized spacial score (nSPS) is 19.5. The first kappa shape index (κ1) is 16.5. The van der Waals surface area contributed by atoms with Gasteiger partial charge in [-0.25, -0.2) is 5.06 Å². The van der Waals surface area contributed by atoms with Crippen LogP contribution >= 0.6 is 0 Å². The first-order chi connectivity index (χ1) is 12.8. The molecule has 1 heterocycles. The number of ether oxygens (including phenoxy) is 1. The van der Waals surface area contributed by atoms with E-state index in [1.807, 2.05) is 65.7 Å². The molecule has 0 saturated carbocycles. The van der Waals surface area contributed by atoms with Crippen molar-refractivity contribution in [2.45, 2.75) is 18.6 Å². The molecule has 1 N–H and O–H groups in total. The maximum absolute atomic E-state index is 10.5. The van der Waals surface area contributed by atoms with E-state index in [0.29, 0.717) is 5.75 Å². The van der Waals surface area contributed by atoms with Crippen molar-refractivity contribution in [2.75, 3.05) is 12.2 Å². The van der Waals surface area contributed by atoms with Crippen molar-refractivity contribution in [1.82, 2.24) is 0 Å². The van der Waals surface area contributed by atoms with Crippen molar-refractivity contribution < 1.29 is 14.7 Å². The number of hydroxylamine groups is 1. The first-order valence-electron chi connectivity index (χ1n) is 8.70. The Bertz CT molecular complexity index is 820. The third kappa shape index (κ3) is 3.00. The van der Waals surface area contributed by atoms with Crippen molar-refractivity contribution in [1.29, 1.82) is 0 Å². The number of hydrogen-bond acceptors (Lipinski definition) is 4. The average molecular weight is 347 g/mol. The van der Waals surface area contributed by atoms with Gasteiger partial charge in [0.2, 0.25) is 0 Å². The van der Waals surface area contributed by atoms with Crippen LogP contribution < -0.4 is 9.80 Å². The minimum Gasteiger partial charge on any atom is -0.504 e. The van der Waals surface area contributed by atoms with Crippen LogP contribution in [0.15, 0.2) is 78.9 Å². The molecule has 4 rings (SSSR count). The number of para-hydroxylation sites is 2. The van der Waals surface area contributed by atoms with Crippen molar-refractivity contribution in [3.05, 3.63) is 90.0 Å². The van der Waals surface area contributed by atoms with Gasteiger partial charge in [0.1, 0.15) is 6.10 Å². The zero-order chi connectivity index (χ0) is 17.9. The monoisotopic (exact) mass is 347 g/mol. The van der Waals surface area contributed by atoms with E-state index in [0.717, 1.165) is 17.7 Å². The largest absolute Gasteiger partial charge is 0.504 e. The minimum atomic E-state index is -0.254. The Morgan fingerprint density at radius 3 is 2.31 bits per heavy atom. The van der Waals surface area contributed by atoms with E-state index in [4.69, 9.17) is 9.57 Å². The van der Waals surface area contributed by atoms with Gasteiger partial charge >= 0.3 is 0 Å². The molecule has 1 fully saturated rings. The predicted octanol–water partition coefficient (Wildman–Crippen LogP) is 5.03. The smallest absolute Gasteiger partial charge is 0.163 e. The van der Waals surface area contributed by atoms with Crippen LogP contribution in [0.4, 0.5) is 5.69 Å². The molecule has 0 bridgehead atoms. The maximum Gasteiger partial charge on any atom is 0.163 e. The molecule has 0 unspecified atom stereocenters. The molecule has 1 saturated heterocycles. The number of phenols is 1. The summed E-state index contributed by atoms with van der Waals surface area (Å²) in [5, 5.41) is 12.5. The lowest BCUT2D eigenvalue weighted by molar-refractivity contribution is 0.0816. The fourth-order valence-corrected chi connectivity index (χ4v) is 3.46. The van der Waals surface area contributed by atoms with Gasteiger partial charge in [-0.2, -0.15) is 0 Å². The van der Waals surface area contributed by atoms with Gasteiger partial charge in [-0.3, -0.25) is 4.84 Å².